The van der Waals surface area contributed by atoms with Crippen molar-refractivity contribution in [2.45, 2.75) is 38.7 Å². The summed E-state index contributed by atoms with van der Waals surface area (Å²) in [5.74, 6) is 0.439. The fourth-order valence-electron chi connectivity index (χ4n) is 1.89. The van der Waals surface area contributed by atoms with Crippen LogP contribution in [0.4, 0.5) is 0 Å². The zero-order valence-electron chi connectivity index (χ0n) is 10.9. The maximum absolute atomic E-state index is 12.0. The lowest BCUT2D eigenvalue weighted by Crippen LogP contribution is -2.36. The number of amides is 1. The standard InChI is InChI=1S/C13H20N2O2S/c1-3-12-14-10(8-18-12)6-13(17)15(2)7-11(16)9-4-5-9/h8-9,11,16H,3-7H2,1-2H3. The Morgan fingerprint density at radius 2 is 2.39 bits per heavy atom. The monoisotopic (exact) mass is 268 g/mol. The Morgan fingerprint density at radius 1 is 1.67 bits per heavy atom. The SMILES string of the molecule is CCc1nc(CC(=O)N(C)CC(O)C2CC2)cs1. The molecular formula is C13H20N2O2S. The molecule has 0 spiro atoms. The molecule has 0 radical (unpaired) electrons. The van der Waals surface area contributed by atoms with Crippen molar-refractivity contribution in [2.24, 2.45) is 5.92 Å². The third kappa shape index (κ3) is 3.53. The Balaban J connectivity index is 1.82. The van der Waals surface area contributed by atoms with Gasteiger partial charge in [0.05, 0.1) is 23.2 Å². The lowest BCUT2D eigenvalue weighted by molar-refractivity contribution is -0.130. The fraction of sp³-hybridized carbons (Fsp3) is 0.692. The van der Waals surface area contributed by atoms with Gasteiger partial charge in [-0.2, -0.15) is 0 Å². The Hall–Kier alpha value is -0.940. The molecule has 1 aromatic heterocycles. The number of carbonyl (C=O) groups is 1. The highest BCUT2D eigenvalue weighted by Crippen LogP contribution is 2.32. The van der Waals surface area contributed by atoms with E-state index in [9.17, 15) is 9.90 Å². The highest BCUT2D eigenvalue weighted by atomic mass is 32.1. The van der Waals surface area contributed by atoms with E-state index in [0.29, 0.717) is 18.9 Å². The molecular weight excluding hydrogens is 248 g/mol. The molecule has 0 saturated heterocycles. The van der Waals surface area contributed by atoms with E-state index in [2.05, 4.69) is 11.9 Å². The first kappa shape index (κ1) is 13.5. The van der Waals surface area contributed by atoms with Gasteiger partial charge in [0.25, 0.3) is 0 Å². The number of rotatable bonds is 6. The van der Waals surface area contributed by atoms with Gasteiger partial charge in [-0.15, -0.1) is 11.3 Å². The summed E-state index contributed by atoms with van der Waals surface area (Å²) in [6.07, 6.45) is 3.07. The van der Waals surface area contributed by atoms with E-state index in [1.54, 1.807) is 23.3 Å². The van der Waals surface area contributed by atoms with E-state index in [0.717, 1.165) is 30.0 Å². The van der Waals surface area contributed by atoms with Crippen molar-refractivity contribution in [3.05, 3.63) is 16.1 Å². The van der Waals surface area contributed by atoms with Crippen molar-refractivity contribution in [1.82, 2.24) is 9.88 Å². The predicted octanol–water partition coefficient (Wildman–Crippen LogP) is 1.48. The number of carbonyl (C=O) groups excluding carboxylic acids is 1. The minimum absolute atomic E-state index is 0.0302. The first-order valence-corrected chi connectivity index (χ1v) is 7.33. The quantitative estimate of drug-likeness (QED) is 0.850. The molecule has 1 aliphatic rings. The highest BCUT2D eigenvalue weighted by Gasteiger charge is 2.31. The predicted molar refractivity (Wildman–Crippen MR) is 71.6 cm³/mol. The molecule has 1 fully saturated rings. The van der Waals surface area contributed by atoms with Gasteiger partial charge in [-0.05, 0) is 25.2 Å². The Labute approximate surface area is 112 Å². The molecule has 100 valence electrons. The van der Waals surface area contributed by atoms with Crippen LogP contribution in [0.5, 0.6) is 0 Å². The molecule has 1 N–H and O–H groups in total. The third-order valence-corrected chi connectivity index (χ3v) is 4.33. The van der Waals surface area contributed by atoms with Gasteiger partial charge in [-0.25, -0.2) is 4.98 Å². The van der Waals surface area contributed by atoms with Crippen LogP contribution in [0.1, 0.15) is 30.5 Å². The van der Waals surface area contributed by atoms with Crippen LogP contribution in [-0.2, 0) is 17.6 Å². The molecule has 1 unspecified atom stereocenters. The fourth-order valence-corrected chi connectivity index (χ4v) is 2.64. The molecule has 1 heterocycles. The minimum Gasteiger partial charge on any atom is -0.391 e. The van der Waals surface area contributed by atoms with E-state index in [1.165, 1.54) is 0 Å². The van der Waals surface area contributed by atoms with Crippen LogP contribution in [0.25, 0.3) is 0 Å². The summed E-state index contributed by atoms with van der Waals surface area (Å²) in [5, 5.41) is 12.8. The number of aryl methyl sites for hydroxylation is 1. The van der Waals surface area contributed by atoms with Crippen LogP contribution in [0.3, 0.4) is 0 Å². The molecule has 1 amide bonds. The lowest BCUT2D eigenvalue weighted by Gasteiger charge is -2.20. The van der Waals surface area contributed by atoms with Crippen LogP contribution in [0, 0.1) is 5.92 Å². The van der Waals surface area contributed by atoms with E-state index in [-0.39, 0.29) is 12.0 Å². The number of aromatic nitrogens is 1. The van der Waals surface area contributed by atoms with Crippen molar-refractivity contribution < 1.29 is 9.90 Å². The second-order valence-corrected chi connectivity index (χ2v) is 5.88. The zero-order chi connectivity index (χ0) is 13.1. The second kappa shape index (κ2) is 5.80. The largest absolute Gasteiger partial charge is 0.391 e. The van der Waals surface area contributed by atoms with Gasteiger partial charge in [0.2, 0.25) is 5.91 Å². The average molecular weight is 268 g/mol. The Kier molecular flexibility index (Phi) is 4.35. The summed E-state index contributed by atoms with van der Waals surface area (Å²) in [5.41, 5.74) is 0.842. The van der Waals surface area contributed by atoms with E-state index < -0.39 is 0 Å². The summed E-state index contributed by atoms with van der Waals surface area (Å²) >= 11 is 1.60. The maximum atomic E-state index is 12.0. The molecule has 5 heteroatoms. The van der Waals surface area contributed by atoms with Gasteiger partial charge >= 0.3 is 0 Å². The normalized spacial score (nSPS) is 16.6. The van der Waals surface area contributed by atoms with E-state index >= 15 is 0 Å². The number of nitrogens with zero attached hydrogens (tertiary/aromatic N) is 2. The molecule has 2 rings (SSSR count). The van der Waals surface area contributed by atoms with Crippen LogP contribution in [-0.4, -0.2) is 40.6 Å². The molecule has 1 aromatic rings. The summed E-state index contributed by atoms with van der Waals surface area (Å²) in [6.45, 7) is 2.50. The number of hydrogen-bond acceptors (Lipinski definition) is 4. The lowest BCUT2D eigenvalue weighted by atomic mass is 10.2. The Bertz CT molecular complexity index is 415. The van der Waals surface area contributed by atoms with Gasteiger partial charge in [-0.3, -0.25) is 4.79 Å². The van der Waals surface area contributed by atoms with Crippen LogP contribution >= 0.6 is 11.3 Å². The zero-order valence-corrected chi connectivity index (χ0v) is 11.7. The van der Waals surface area contributed by atoms with Crippen molar-refractivity contribution in [3.63, 3.8) is 0 Å². The van der Waals surface area contributed by atoms with Gasteiger partial charge in [-0.1, -0.05) is 6.92 Å². The van der Waals surface area contributed by atoms with Crippen LogP contribution < -0.4 is 0 Å². The highest BCUT2D eigenvalue weighted by molar-refractivity contribution is 7.09. The minimum atomic E-state index is -0.361. The average Bonchev–Trinajstić information content (AvgIpc) is 3.10. The van der Waals surface area contributed by atoms with Gasteiger partial charge < -0.3 is 10.0 Å². The van der Waals surface area contributed by atoms with Crippen LogP contribution in [0.15, 0.2) is 5.38 Å². The maximum Gasteiger partial charge on any atom is 0.228 e. The summed E-state index contributed by atoms with van der Waals surface area (Å²) in [7, 11) is 1.75. The molecule has 1 saturated carbocycles. The first-order chi connectivity index (χ1) is 8.60. The van der Waals surface area contributed by atoms with Crippen molar-refractivity contribution in [1.29, 1.82) is 0 Å². The number of likely N-dealkylation sites (N-methyl/N-ethyl adjacent to an activating group) is 1. The van der Waals surface area contributed by atoms with Gasteiger partial charge in [0.15, 0.2) is 0 Å². The number of hydrogen-bond donors (Lipinski definition) is 1. The van der Waals surface area contributed by atoms with E-state index in [1.807, 2.05) is 5.38 Å². The number of thiazole rings is 1. The van der Waals surface area contributed by atoms with Crippen molar-refractivity contribution >= 4 is 17.2 Å². The molecule has 0 aromatic carbocycles. The summed E-state index contributed by atoms with van der Waals surface area (Å²) in [4.78, 5) is 18.0. The van der Waals surface area contributed by atoms with Crippen molar-refractivity contribution in [2.75, 3.05) is 13.6 Å². The Morgan fingerprint density at radius 3 is 2.94 bits per heavy atom. The molecule has 0 aliphatic heterocycles. The molecule has 18 heavy (non-hydrogen) atoms. The molecule has 4 nitrogen and oxygen atoms in total. The van der Waals surface area contributed by atoms with Gasteiger partial charge in [0.1, 0.15) is 0 Å². The number of aliphatic hydroxyl groups excluding tert-OH is 1. The van der Waals surface area contributed by atoms with Crippen molar-refractivity contribution in [3.8, 4) is 0 Å². The van der Waals surface area contributed by atoms with E-state index in [4.69, 9.17) is 0 Å². The second-order valence-electron chi connectivity index (χ2n) is 4.94. The van der Waals surface area contributed by atoms with Crippen LogP contribution in [0.2, 0.25) is 0 Å². The number of aliphatic hydroxyl groups is 1. The smallest absolute Gasteiger partial charge is 0.228 e. The summed E-state index contributed by atoms with van der Waals surface area (Å²) in [6, 6.07) is 0. The van der Waals surface area contributed by atoms with Gasteiger partial charge in [0, 0.05) is 19.0 Å². The molecule has 1 aliphatic carbocycles. The molecule has 1 atom stereocenters. The summed E-state index contributed by atoms with van der Waals surface area (Å²) < 4.78 is 0. The first-order valence-electron chi connectivity index (χ1n) is 6.45. The topological polar surface area (TPSA) is 53.4 Å². The molecule has 0 bridgehead atoms. The third-order valence-electron chi connectivity index (χ3n) is 3.29.